The van der Waals surface area contributed by atoms with E-state index in [0.29, 0.717) is 13.2 Å². The van der Waals surface area contributed by atoms with E-state index in [4.69, 9.17) is 9.47 Å². The highest BCUT2D eigenvalue weighted by Gasteiger charge is 2.23. The zero-order valence-corrected chi connectivity index (χ0v) is 19.4. The SMILES string of the molecule is CC(C)C.CCOc1ccc(C(C)(C)c2ccc(OCC(C)(C)C)cc2)cc1. The molecule has 0 aliphatic carbocycles. The predicted octanol–water partition coefficient (Wildman–Crippen LogP) is 7.50. The summed E-state index contributed by atoms with van der Waals surface area (Å²) in [6.07, 6.45) is 0. The molecule has 0 heterocycles. The lowest BCUT2D eigenvalue weighted by Gasteiger charge is -2.27. The van der Waals surface area contributed by atoms with Gasteiger partial charge in [-0.2, -0.15) is 0 Å². The monoisotopic (exact) mass is 384 g/mol. The predicted molar refractivity (Wildman–Crippen MR) is 122 cm³/mol. The van der Waals surface area contributed by atoms with Crippen molar-refractivity contribution in [1.29, 1.82) is 0 Å². The van der Waals surface area contributed by atoms with Crippen LogP contribution in [-0.2, 0) is 5.41 Å². The molecule has 0 N–H and O–H groups in total. The molecule has 0 saturated heterocycles. The zero-order valence-electron chi connectivity index (χ0n) is 19.4. The molecule has 0 fully saturated rings. The van der Waals surface area contributed by atoms with Gasteiger partial charge in [-0.05, 0) is 53.6 Å². The first-order chi connectivity index (χ1) is 13.0. The van der Waals surface area contributed by atoms with Crippen molar-refractivity contribution in [3.63, 3.8) is 0 Å². The maximum absolute atomic E-state index is 5.87. The van der Waals surface area contributed by atoms with E-state index in [1.54, 1.807) is 0 Å². The minimum Gasteiger partial charge on any atom is -0.494 e. The Hall–Kier alpha value is -1.96. The Kier molecular flexibility index (Phi) is 9.07. The Labute approximate surface area is 173 Å². The average Bonchev–Trinajstić information content (AvgIpc) is 2.60. The fourth-order valence-corrected chi connectivity index (χ4v) is 2.57. The van der Waals surface area contributed by atoms with Crippen LogP contribution in [0.1, 0.15) is 73.4 Å². The van der Waals surface area contributed by atoms with Gasteiger partial charge in [0.1, 0.15) is 11.5 Å². The van der Waals surface area contributed by atoms with Crippen LogP contribution in [0.25, 0.3) is 0 Å². The van der Waals surface area contributed by atoms with Crippen molar-refractivity contribution < 1.29 is 9.47 Å². The third kappa shape index (κ3) is 8.37. The molecule has 2 rings (SSSR count). The van der Waals surface area contributed by atoms with Crippen molar-refractivity contribution in [2.45, 2.75) is 67.7 Å². The molecule has 0 unspecified atom stereocenters. The summed E-state index contributed by atoms with van der Waals surface area (Å²) < 4.78 is 11.4. The van der Waals surface area contributed by atoms with Crippen LogP contribution < -0.4 is 9.47 Å². The van der Waals surface area contributed by atoms with Gasteiger partial charge in [-0.1, -0.05) is 79.7 Å². The third-order valence-electron chi connectivity index (χ3n) is 4.13. The quantitative estimate of drug-likeness (QED) is 0.513. The van der Waals surface area contributed by atoms with Gasteiger partial charge in [0.25, 0.3) is 0 Å². The molecule has 0 amide bonds. The second-order valence-electron chi connectivity index (χ2n) is 9.69. The van der Waals surface area contributed by atoms with Gasteiger partial charge in [0, 0.05) is 5.41 Å². The van der Waals surface area contributed by atoms with Gasteiger partial charge in [0.05, 0.1) is 13.2 Å². The van der Waals surface area contributed by atoms with Crippen molar-refractivity contribution in [2.24, 2.45) is 11.3 Å². The van der Waals surface area contributed by atoms with E-state index in [-0.39, 0.29) is 10.8 Å². The molecule has 28 heavy (non-hydrogen) atoms. The lowest BCUT2D eigenvalue weighted by atomic mass is 9.78. The van der Waals surface area contributed by atoms with Crippen LogP contribution in [0.2, 0.25) is 0 Å². The van der Waals surface area contributed by atoms with E-state index in [9.17, 15) is 0 Å². The van der Waals surface area contributed by atoms with E-state index in [1.165, 1.54) is 11.1 Å². The van der Waals surface area contributed by atoms with Crippen LogP contribution in [0.4, 0.5) is 0 Å². The fourth-order valence-electron chi connectivity index (χ4n) is 2.57. The lowest BCUT2D eigenvalue weighted by Crippen LogP contribution is -2.19. The highest BCUT2D eigenvalue weighted by atomic mass is 16.5. The second kappa shape index (κ2) is 10.5. The Morgan fingerprint density at radius 2 is 1.04 bits per heavy atom. The molecule has 0 spiro atoms. The smallest absolute Gasteiger partial charge is 0.119 e. The van der Waals surface area contributed by atoms with Crippen LogP contribution in [0.15, 0.2) is 48.5 Å². The minimum atomic E-state index is -0.0622. The van der Waals surface area contributed by atoms with Gasteiger partial charge >= 0.3 is 0 Å². The zero-order chi connectivity index (χ0) is 21.4. The van der Waals surface area contributed by atoms with Gasteiger partial charge in [-0.3, -0.25) is 0 Å². The number of benzene rings is 2. The van der Waals surface area contributed by atoms with E-state index >= 15 is 0 Å². The molecule has 0 aromatic heterocycles. The molecule has 0 atom stereocenters. The van der Waals surface area contributed by atoms with E-state index in [1.807, 2.05) is 19.1 Å². The van der Waals surface area contributed by atoms with E-state index in [2.05, 4.69) is 91.8 Å². The molecule has 2 heteroatoms. The van der Waals surface area contributed by atoms with Crippen LogP contribution in [0, 0.1) is 11.3 Å². The van der Waals surface area contributed by atoms with Crippen LogP contribution >= 0.6 is 0 Å². The standard InChI is InChI=1S/C22H30O2.C4H10/c1-7-23-19-12-8-17(9-13-19)22(5,6)18-10-14-20(15-11-18)24-16-21(2,3)4;1-4(2)3/h8-15H,7,16H2,1-6H3;4H,1-3H3. The summed E-state index contributed by atoms with van der Waals surface area (Å²) >= 11 is 0. The lowest BCUT2D eigenvalue weighted by molar-refractivity contribution is 0.198. The number of rotatable bonds is 6. The van der Waals surface area contributed by atoms with Gasteiger partial charge in [0.2, 0.25) is 0 Å². The van der Waals surface area contributed by atoms with Crippen molar-refractivity contribution in [3.8, 4) is 11.5 Å². The van der Waals surface area contributed by atoms with Gasteiger partial charge in [-0.15, -0.1) is 0 Å². The van der Waals surface area contributed by atoms with E-state index in [0.717, 1.165) is 17.4 Å². The number of ether oxygens (including phenoxy) is 2. The van der Waals surface area contributed by atoms with Crippen LogP contribution in [0.5, 0.6) is 11.5 Å². The highest BCUT2D eigenvalue weighted by molar-refractivity contribution is 5.41. The van der Waals surface area contributed by atoms with Crippen LogP contribution in [-0.4, -0.2) is 13.2 Å². The minimum absolute atomic E-state index is 0.0622. The topological polar surface area (TPSA) is 18.5 Å². The number of hydrogen-bond acceptors (Lipinski definition) is 2. The van der Waals surface area contributed by atoms with Crippen molar-refractivity contribution in [2.75, 3.05) is 13.2 Å². The van der Waals surface area contributed by atoms with Gasteiger partial charge < -0.3 is 9.47 Å². The fraction of sp³-hybridized carbons (Fsp3) is 0.538. The van der Waals surface area contributed by atoms with Crippen molar-refractivity contribution in [3.05, 3.63) is 59.7 Å². The van der Waals surface area contributed by atoms with Crippen molar-refractivity contribution >= 4 is 0 Å². The average molecular weight is 385 g/mol. The van der Waals surface area contributed by atoms with Gasteiger partial charge in [0.15, 0.2) is 0 Å². The summed E-state index contributed by atoms with van der Waals surface area (Å²) in [7, 11) is 0. The Morgan fingerprint density at radius 1 is 0.679 bits per heavy atom. The molecule has 0 radical (unpaired) electrons. The normalized spacial score (nSPS) is 11.6. The molecule has 2 aromatic rings. The highest BCUT2D eigenvalue weighted by Crippen LogP contribution is 2.33. The first-order valence-electron chi connectivity index (χ1n) is 10.4. The maximum Gasteiger partial charge on any atom is 0.119 e. The van der Waals surface area contributed by atoms with Crippen LogP contribution in [0.3, 0.4) is 0 Å². The van der Waals surface area contributed by atoms with Crippen molar-refractivity contribution in [1.82, 2.24) is 0 Å². The largest absolute Gasteiger partial charge is 0.494 e. The summed E-state index contributed by atoms with van der Waals surface area (Å²) in [5.41, 5.74) is 2.65. The summed E-state index contributed by atoms with van der Waals surface area (Å²) in [5.74, 6) is 2.68. The summed E-state index contributed by atoms with van der Waals surface area (Å²) in [6, 6.07) is 16.8. The second-order valence-corrected chi connectivity index (χ2v) is 9.69. The molecule has 0 aliphatic heterocycles. The molecule has 2 nitrogen and oxygen atoms in total. The Balaban J connectivity index is 0.000000892. The molecule has 0 bridgehead atoms. The molecule has 156 valence electrons. The maximum atomic E-state index is 5.87. The summed E-state index contributed by atoms with van der Waals surface area (Å²) in [5, 5.41) is 0. The third-order valence-corrected chi connectivity index (χ3v) is 4.13. The Morgan fingerprint density at radius 3 is 1.36 bits per heavy atom. The Bertz CT molecular complexity index is 671. The molecular formula is C26H40O2. The molecular weight excluding hydrogens is 344 g/mol. The first-order valence-corrected chi connectivity index (χ1v) is 10.4. The molecule has 0 aliphatic rings. The number of hydrogen-bond donors (Lipinski definition) is 0. The summed E-state index contributed by atoms with van der Waals surface area (Å²) in [4.78, 5) is 0. The molecule has 2 aromatic carbocycles. The summed E-state index contributed by atoms with van der Waals surface area (Å²) in [6.45, 7) is 20.9. The molecule has 0 saturated carbocycles. The van der Waals surface area contributed by atoms with E-state index < -0.39 is 0 Å². The first kappa shape index (κ1) is 24.1. The van der Waals surface area contributed by atoms with Gasteiger partial charge in [-0.25, -0.2) is 0 Å².